The van der Waals surface area contributed by atoms with E-state index in [4.69, 9.17) is 5.26 Å². The first-order valence-electron chi connectivity index (χ1n) is 5.23. The zero-order valence-electron chi connectivity index (χ0n) is 10.0. The Morgan fingerprint density at radius 3 is 2.76 bits per heavy atom. The minimum absolute atomic E-state index is 0.418. The first-order valence-corrected chi connectivity index (χ1v) is 6.04. The number of aliphatic carboxylic acids is 1. The van der Waals surface area contributed by atoms with Crippen LogP contribution in [0.4, 0.5) is 0 Å². The Hall–Kier alpha value is -1.54. The van der Waals surface area contributed by atoms with E-state index in [0.29, 0.717) is 17.0 Å². The summed E-state index contributed by atoms with van der Waals surface area (Å²) in [5.74, 6) is -0.891. The number of carboxylic acid groups (broad SMARTS) is 1. The molecular weight excluding hydrogens is 236 g/mol. The average Bonchev–Trinajstić information content (AvgIpc) is 2.29. The third kappa shape index (κ3) is 2.98. The summed E-state index contributed by atoms with van der Waals surface area (Å²) in [5, 5.41) is 18.6. The van der Waals surface area contributed by atoms with Crippen LogP contribution in [0.2, 0.25) is 0 Å². The topological polar surface area (TPSA) is 74.0 Å². The fourth-order valence-electron chi connectivity index (χ4n) is 1.18. The molecule has 0 aliphatic rings. The van der Waals surface area contributed by atoms with Gasteiger partial charge in [-0.2, -0.15) is 5.26 Å². The summed E-state index contributed by atoms with van der Waals surface area (Å²) >= 11 is 1.13. The fraction of sp³-hybridized carbons (Fsp3) is 0.417. The molecule has 1 heterocycles. The third-order valence-corrected chi connectivity index (χ3v) is 3.99. The average molecular weight is 250 g/mol. The molecule has 4 nitrogen and oxygen atoms in total. The molecular formula is C12H14N2O2S. The van der Waals surface area contributed by atoms with Crippen LogP contribution in [0.15, 0.2) is 17.2 Å². The van der Waals surface area contributed by atoms with E-state index in [0.717, 1.165) is 17.5 Å². The lowest BCUT2D eigenvalue weighted by molar-refractivity contribution is -0.139. The number of pyridine rings is 1. The number of hydrogen-bond acceptors (Lipinski definition) is 4. The predicted octanol–water partition coefficient (Wildman–Crippen LogP) is 2.61. The van der Waals surface area contributed by atoms with Crippen molar-refractivity contribution in [1.29, 1.82) is 5.26 Å². The van der Waals surface area contributed by atoms with Crippen LogP contribution in [0.3, 0.4) is 0 Å². The van der Waals surface area contributed by atoms with E-state index in [1.165, 1.54) is 0 Å². The summed E-state index contributed by atoms with van der Waals surface area (Å²) < 4.78 is -0.952. The minimum atomic E-state index is -0.952. The van der Waals surface area contributed by atoms with Crippen molar-refractivity contribution < 1.29 is 9.90 Å². The second-order valence-corrected chi connectivity index (χ2v) is 5.40. The number of nitrogens with zero attached hydrogens (tertiary/aromatic N) is 2. The van der Waals surface area contributed by atoms with Crippen molar-refractivity contribution in [3.8, 4) is 6.07 Å². The van der Waals surface area contributed by atoms with Crippen LogP contribution in [0.1, 0.15) is 31.5 Å². The van der Waals surface area contributed by atoms with Gasteiger partial charge in [0, 0.05) is 5.69 Å². The van der Waals surface area contributed by atoms with E-state index in [2.05, 4.69) is 4.98 Å². The Morgan fingerprint density at radius 2 is 2.29 bits per heavy atom. The Bertz CT molecular complexity index is 482. The molecule has 90 valence electrons. The van der Waals surface area contributed by atoms with Crippen LogP contribution >= 0.6 is 11.8 Å². The Balaban J connectivity index is 3.14. The van der Waals surface area contributed by atoms with E-state index in [1.54, 1.807) is 19.1 Å². The molecule has 1 N–H and O–H groups in total. The predicted molar refractivity (Wildman–Crippen MR) is 65.9 cm³/mol. The summed E-state index contributed by atoms with van der Waals surface area (Å²) in [6.45, 7) is 5.27. The van der Waals surface area contributed by atoms with Crippen molar-refractivity contribution in [3.05, 3.63) is 23.4 Å². The molecule has 1 aromatic rings. The molecule has 1 atom stereocenters. The van der Waals surface area contributed by atoms with Crippen molar-refractivity contribution >= 4 is 17.7 Å². The van der Waals surface area contributed by atoms with Crippen molar-refractivity contribution in [2.24, 2.45) is 0 Å². The number of aryl methyl sites for hydroxylation is 1. The lowest BCUT2D eigenvalue weighted by Crippen LogP contribution is -2.30. The molecule has 0 aliphatic heterocycles. The summed E-state index contributed by atoms with van der Waals surface area (Å²) in [6.07, 6.45) is 0.466. The number of rotatable bonds is 4. The SMILES string of the molecule is CCC(C)(Sc1nc(C)ccc1C#N)C(=O)O. The summed E-state index contributed by atoms with van der Waals surface area (Å²) in [6, 6.07) is 5.44. The van der Waals surface area contributed by atoms with Gasteiger partial charge in [-0.3, -0.25) is 4.79 Å². The molecule has 0 saturated carbocycles. The Morgan fingerprint density at radius 1 is 1.65 bits per heavy atom. The molecule has 0 radical (unpaired) electrons. The molecule has 1 aromatic heterocycles. The van der Waals surface area contributed by atoms with E-state index < -0.39 is 10.7 Å². The van der Waals surface area contributed by atoms with Gasteiger partial charge >= 0.3 is 5.97 Å². The van der Waals surface area contributed by atoms with E-state index in [1.807, 2.05) is 19.9 Å². The van der Waals surface area contributed by atoms with Gasteiger partial charge in [0.1, 0.15) is 15.8 Å². The number of hydrogen-bond donors (Lipinski definition) is 1. The van der Waals surface area contributed by atoms with E-state index in [9.17, 15) is 9.90 Å². The van der Waals surface area contributed by atoms with Gasteiger partial charge in [-0.15, -0.1) is 0 Å². The highest BCUT2D eigenvalue weighted by molar-refractivity contribution is 8.01. The lowest BCUT2D eigenvalue weighted by atomic mass is 10.1. The highest BCUT2D eigenvalue weighted by Gasteiger charge is 2.33. The Labute approximate surface area is 105 Å². The highest BCUT2D eigenvalue weighted by Crippen LogP contribution is 2.36. The van der Waals surface area contributed by atoms with Gasteiger partial charge in [-0.05, 0) is 32.4 Å². The van der Waals surface area contributed by atoms with Gasteiger partial charge in [-0.1, -0.05) is 18.7 Å². The second-order valence-electron chi connectivity index (χ2n) is 3.91. The van der Waals surface area contributed by atoms with Crippen LogP contribution in [-0.2, 0) is 4.79 Å². The number of carboxylic acids is 1. The first kappa shape index (κ1) is 13.5. The van der Waals surface area contributed by atoms with E-state index >= 15 is 0 Å². The fourth-order valence-corrected chi connectivity index (χ4v) is 2.25. The van der Waals surface area contributed by atoms with Crippen LogP contribution in [0.5, 0.6) is 0 Å². The summed E-state index contributed by atoms with van der Waals surface area (Å²) in [7, 11) is 0. The molecule has 0 spiro atoms. The molecule has 0 fully saturated rings. The number of aromatic nitrogens is 1. The maximum atomic E-state index is 11.2. The zero-order valence-corrected chi connectivity index (χ0v) is 10.8. The molecule has 1 rings (SSSR count). The smallest absolute Gasteiger partial charge is 0.319 e. The molecule has 5 heteroatoms. The first-order chi connectivity index (χ1) is 7.92. The number of carbonyl (C=O) groups is 1. The van der Waals surface area contributed by atoms with Crippen molar-refractivity contribution in [1.82, 2.24) is 4.98 Å². The molecule has 17 heavy (non-hydrogen) atoms. The maximum absolute atomic E-state index is 11.2. The summed E-state index contributed by atoms with van der Waals surface area (Å²) in [4.78, 5) is 15.4. The van der Waals surface area contributed by atoms with Gasteiger partial charge in [-0.25, -0.2) is 4.98 Å². The highest BCUT2D eigenvalue weighted by atomic mass is 32.2. The Kier molecular flexibility index (Phi) is 4.13. The van der Waals surface area contributed by atoms with Crippen molar-refractivity contribution in [2.45, 2.75) is 37.0 Å². The van der Waals surface area contributed by atoms with Crippen LogP contribution in [0.25, 0.3) is 0 Å². The number of nitriles is 1. The third-order valence-electron chi connectivity index (χ3n) is 2.57. The zero-order chi connectivity index (χ0) is 13.1. The van der Waals surface area contributed by atoms with E-state index in [-0.39, 0.29) is 0 Å². The number of thioether (sulfide) groups is 1. The largest absolute Gasteiger partial charge is 0.480 e. The molecule has 0 aromatic carbocycles. The quantitative estimate of drug-likeness (QED) is 0.831. The van der Waals surface area contributed by atoms with Crippen LogP contribution in [-0.4, -0.2) is 20.8 Å². The van der Waals surface area contributed by atoms with Gasteiger partial charge < -0.3 is 5.11 Å². The monoisotopic (exact) mass is 250 g/mol. The van der Waals surface area contributed by atoms with Crippen LogP contribution in [0, 0.1) is 18.3 Å². The standard InChI is InChI=1S/C12H14N2O2S/c1-4-12(3,11(15)16)17-10-9(7-13)6-5-8(2)14-10/h5-6H,4H2,1-3H3,(H,15,16). The van der Waals surface area contributed by atoms with Gasteiger partial charge in [0.2, 0.25) is 0 Å². The summed E-state index contributed by atoms with van der Waals surface area (Å²) in [5.41, 5.74) is 1.19. The minimum Gasteiger partial charge on any atom is -0.480 e. The normalized spacial score (nSPS) is 13.8. The molecule has 0 bridgehead atoms. The van der Waals surface area contributed by atoms with Gasteiger partial charge in [0.25, 0.3) is 0 Å². The van der Waals surface area contributed by atoms with Crippen molar-refractivity contribution in [3.63, 3.8) is 0 Å². The maximum Gasteiger partial charge on any atom is 0.319 e. The van der Waals surface area contributed by atoms with Crippen LogP contribution < -0.4 is 0 Å². The molecule has 1 unspecified atom stereocenters. The van der Waals surface area contributed by atoms with Crippen molar-refractivity contribution in [2.75, 3.05) is 0 Å². The molecule has 0 saturated heterocycles. The lowest BCUT2D eigenvalue weighted by Gasteiger charge is -2.22. The second kappa shape index (κ2) is 5.19. The molecule has 0 aliphatic carbocycles. The van der Waals surface area contributed by atoms with Gasteiger partial charge in [0.05, 0.1) is 5.56 Å². The molecule has 0 amide bonds. The van der Waals surface area contributed by atoms with Gasteiger partial charge in [0.15, 0.2) is 0 Å².